The fourth-order valence-electron chi connectivity index (χ4n) is 1.76. The molecule has 0 radical (unpaired) electrons. The van der Waals surface area contributed by atoms with Gasteiger partial charge >= 0.3 is 0 Å². The number of rotatable bonds is 4. The zero-order chi connectivity index (χ0) is 13.0. The van der Waals surface area contributed by atoms with Crippen LogP contribution in [-0.4, -0.2) is 9.97 Å². The molecule has 0 fully saturated rings. The van der Waals surface area contributed by atoms with Crippen molar-refractivity contribution < 1.29 is 4.39 Å². The monoisotopic (exact) mass is 245 g/mol. The van der Waals surface area contributed by atoms with Gasteiger partial charge in [-0.1, -0.05) is 25.5 Å². The minimum absolute atomic E-state index is 0.114. The van der Waals surface area contributed by atoms with Gasteiger partial charge in [-0.25, -0.2) is 14.4 Å². The molecule has 1 unspecified atom stereocenters. The highest BCUT2D eigenvalue weighted by molar-refractivity contribution is 5.61. The molecule has 0 spiro atoms. The molecule has 0 aliphatic heterocycles. The van der Waals surface area contributed by atoms with Gasteiger partial charge in [-0.05, 0) is 24.1 Å². The summed E-state index contributed by atoms with van der Waals surface area (Å²) < 4.78 is 12.8. The van der Waals surface area contributed by atoms with Gasteiger partial charge in [0.1, 0.15) is 11.6 Å². The van der Waals surface area contributed by atoms with Crippen molar-refractivity contribution in [2.24, 2.45) is 5.73 Å². The van der Waals surface area contributed by atoms with E-state index >= 15 is 0 Å². The molecule has 2 N–H and O–H groups in total. The van der Waals surface area contributed by atoms with Gasteiger partial charge in [-0.15, -0.1) is 0 Å². The molecule has 2 aromatic rings. The first-order valence-corrected chi connectivity index (χ1v) is 6.04. The van der Waals surface area contributed by atoms with Crippen LogP contribution in [0.5, 0.6) is 0 Å². The van der Waals surface area contributed by atoms with Gasteiger partial charge < -0.3 is 5.73 Å². The molecule has 0 aliphatic carbocycles. The Hall–Kier alpha value is -1.81. The van der Waals surface area contributed by atoms with Crippen molar-refractivity contribution in [1.29, 1.82) is 0 Å². The number of hydrogen-bond donors (Lipinski definition) is 1. The Balaban J connectivity index is 2.19. The predicted octanol–water partition coefficient (Wildman–Crippen LogP) is 3.08. The number of nitrogens with two attached hydrogens (primary N) is 1. The van der Waals surface area contributed by atoms with Crippen molar-refractivity contribution in [3.63, 3.8) is 0 Å². The van der Waals surface area contributed by atoms with E-state index in [-0.39, 0.29) is 11.9 Å². The lowest BCUT2D eigenvalue weighted by molar-refractivity contribution is 0.602. The van der Waals surface area contributed by atoms with Crippen LogP contribution in [0, 0.1) is 5.82 Å². The Morgan fingerprint density at radius 2 is 1.72 bits per heavy atom. The van der Waals surface area contributed by atoms with Crippen LogP contribution >= 0.6 is 0 Å². The van der Waals surface area contributed by atoms with Crippen molar-refractivity contribution in [2.45, 2.75) is 25.8 Å². The number of hydrogen-bond acceptors (Lipinski definition) is 3. The first kappa shape index (κ1) is 12.6. The minimum atomic E-state index is -0.249. The zero-order valence-electron chi connectivity index (χ0n) is 10.3. The largest absolute Gasteiger partial charge is 0.321 e. The van der Waals surface area contributed by atoms with Crippen LogP contribution in [0.25, 0.3) is 11.1 Å². The molecule has 0 aliphatic rings. The summed E-state index contributed by atoms with van der Waals surface area (Å²) in [5, 5.41) is 0. The summed E-state index contributed by atoms with van der Waals surface area (Å²) in [5.74, 6) is 0.406. The molecule has 18 heavy (non-hydrogen) atoms. The zero-order valence-corrected chi connectivity index (χ0v) is 10.3. The van der Waals surface area contributed by atoms with Crippen molar-refractivity contribution in [3.05, 3.63) is 48.3 Å². The van der Waals surface area contributed by atoms with Gasteiger partial charge in [0.05, 0.1) is 6.04 Å². The average Bonchev–Trinajstić information content (AvgIpc) is 2.40. The molecule has 0 amide bonds. The van der Waals surface area contributed by atoms with E-state index in [4.69, 9.17) is 5.73 Å². The number of halogens is 1. The van der Waals surface area contributed by atoms with E-state index in [1.807, 2.05) is 0 Å². The Kier molecular flexibility index (Phi) is 3.99. The molecule has 0 bridgehead atoms. The van der Waals surface area contributed by atoms with E-state index in [0.717, 1.165) is 24.0 Å². The van der Waals surface area contributed by atoms with Gasteiger partial charge in [0, 0.05) is 18.0 Å². The molecule has 0 saturated carbocycles. The normalized spacial score (nSPS) is 12.4. The second kappa shape index (κ2) is 5.69. The Bertz CT molecular complexity index is 493. The summed E-state index contributed by atoms with van der Waals surface area (Å²) in [6.45, 7) is 2.08. The van der Waals surface area contributed by atoms with Crippen LogP contribution in [0.15, 0.2) is 36.7 Å². The van der Waals surface area contributed by atoms with Crippen LogP contribution in [0.3, 0.4) is 0 Å². The predicted molar refractivity (Wildman–Crippen MR) is 69.3 cm³/mol. The Labute approximate surface area is 106 Å². The summed E-state index contributed by atoms with van der Waals surface area (Å²) >= 11 is 0. The molecule has 94 valence electrons. The maximum Gasteiger partial charge on any atom is 0.144 e. The molecule has 4 heteroatoms. The lowest BCUT2D eigenvalue weighted by atomic mass is 10.1. The van der Waals surface area contributed by atoms with Crippen LogP contribution < -0.4 is 5.73 Å². The smallest absolute Gasteiger partial charge is 0.144 e. The molecule has 1 aromatic heterocycles. The molecular weight excluding hydrogens is 229 g/mol. The summed E-state index contributed by atoms with van der Waals surface area (Å²) in [7, 11) is 0. The molecule has 1 aromatic carbocycles. The number of nitrogens with zero attached hydrogens (tertiary/aromatic N) is 2. The Morgan fingerprint density at radius 3 is 2.28 bits per heavy atom. The third kappa shape index (κ3) is 2.90. The van der Waals surface area contributed by atoms with Crippen LogP contribution in [0.1, 0.15) is 31.6 Å². The first-order chi connectivity index (χ1) is 8.70. The van der Waals surface area contributed by atoms with Crippen molar-refractivity contribution in [3.8, 4) is 11.1 Å². The molecule has 0 saturated heterocycles. The highest BCUT2D eigenvalue weighted by atomic mass is 19.1. The van der Waals surface area contributed by atoms with E-state index in [1.165, 1.54) is 12.1 Å². The molecule has 2 rings (SSSR count). The van der Waals surface area contributed by atoms with Crippen molar-refractivity contribution >= 4 is 0 Å². The van der Waals surface area contributed by atoms with E-state index in [2.05, 4.69) is 16.9 Å². The van der Waals surface area contributed by atoms with E-state index < -0.39 is 0 Å². The highest BCUT2D eigenvalue weighted by Gasteiger charge is 2.08. The van der Waals surface area contributed by atoms with Gasteiger partial charge in [0.15, 0.2) is 0 Å². The number of aromatic nitrogens is 2. The van der Waals surface area contributed by atoms with Crippen LogP contribution in [-0.2, 0) is 0 Å². The SMILES string of the molecule is CCCC(N)c1ncc(-c2ccc(F)cc2)cn1. The summed E-state index contributed by atoms with van der Waals surface area (Å²) in [6, 6.07) is 6.15. The summed E-state index contributed by atoms with van der Waals surface area (Å²) in [6.07, 6.45) is 5.33. The van der Waals surface area contributed by atoms with Crippen molar-refractivity contribution in [1.82, 2.24) is 9.97 Å². The lowest BCUT2D eigenvalue weighted by Crippen LogP contribution is -2.13. The topological polar surface area (TPSA) is 51.8 Å². The fraction of sp³-hybridized carbons (Fsp3) is 0.286. The summed E-state index contributed by atoms with van der Waals surface area (Å²) in [5.41, 5.74) is 7.70. The lowest BCUT2D eigenvalue weighted by Gasteiger charge is -2.09. The molecule has 3 nitrogen and oxygen atoms in total. The quantitative estimate of drug-likeness (QED) is 0.900. The average molecular weight is 245 g/mol. The molecular formula is C14H16FN3. The maximum absolute atomic E-state index is 12.8. The molecule has 1 heterocycles. The standard InChI is InChI=1S/C14H16FN3/c1-2-3-13(16)14-17-8-11(9-18-14)10-4-6-12(15)7-5-10/h4-9,13H,2-3,16H2,1H3. The van der Waals surface area contributed by atoms with Gasteiger partial charge in [0.25, 0.3) is 0 Å². The second-order valence-corrected chi connectivity index (χ2v) is 4.23. The van der Waals surface area contributed by atoms with Gasteiger partial charge in [-0.3, -0.25) is 0 Å². The highest BCUT2D eigenvalue weighted by Crippen LogP contribution is 2.19. The first-order valence-electron chi connectivity index (χ1n) is 6.04. The van der Waals surface area contributed by atoms with E-state index in [9.17, 15) is 4.39 Å². The third-order valence-electron chi connectivity index (χ3n) is 2.78. The van der Waals surface area contributed by atoms with E-state index in [1.54, 1.807) is 24.5 Å². The third-order valence-corrected chi connectivity index (χ3v) is 2.78. The van der Waals surface area contributed by atoms with Gasteiger partial charge in [-0.2, -0.15) is 0 Å². The fourth-order valence-corrected chi connectivity index (χ4v) is 1.76. The molecule has 1 atom stereocenters. The van der Waals surface area contributed by atoms with Crippen LogP contribution in [0.2, 0.25) is 0 Å². The maximum atomic E-state index is 12.8. The van der Waals surface area contributed by atoms with E-state index in [0.29, 0.717) is 5.82 Å². The second-order valence-electron chi connectivity index (χ2n) is 4.23. The number of benzene rings is 1. The minimum Gasteiger partial charge on any atom is -0.321 e. The van der Waals surface area contributed by atoms with Crippen molar-refractivity contribution in [2.75, 3.05) is 0 Å². The Morgan fingerprint density at radius 1 is 1.11 bits per heavy atom. The van der Waals surface area contributed by atoms with Gasteiger partial charge in [0.2, 0.25) is 0 Å². The summed E-state index contributed by atoms with van der Waals surface area (Å²) in [4.78, 5) is 8.53. The van der Waals surface area contributed by atoms with Crippen LogP contribution in [0.4, 0.5) is 4.39 Å².